The Bertz CT molecular complexity index is 1180. The molecule has 1 aliphatic heterocycles. The quantitative estimate of drug-likeness (QED) is 0.603. The molecular formula is C20H22N4O4S2. The van der Waals surface area contributed by atoms with E-state index in [0.717, 1.165) is 23.4 Å². The van der Waals surface area contributed by atoms with Crippen LogP contribution in [-0.4, -0.2) is 49.0 Å². The first kappa shape index (κ1) is 20.6. The number of hydrogen-bond donors (Lipinski definition) is 2. The van der Waals surface area contributed by atoms with E-state index in [4.69, 9.17) is 4.74 Å². The molecule has 8 nitrogen and oxygen atoms in total. The van der Waals surface area contributed by atoms with Gasteiger partial charge in [0.1, 0.15) is 10.6 Å². The van der Waals surface area contributed by atoms with Crippen molar-refractivity contribution in [2.24, 2.45) is 0 Å². The molecule has 1 aromatic carbocycles. The number of aromatic nitrogens is 2. The van der Waals surface area contributed by atoms with Crippen LogP contribution in [0.25, 0.3) is 10.6 Å². The molecule has 3 heterocycles. The first-order valence-electron chi connectivity index (χ1n) is 9.50. The summed E-state index contributed by atoms with van der Waals surface area (Å²) in [6.07, 6.45) is 1.65. The number of rotatable bonds is 6. The molecule has 0 radical (unpaired) electrons. The second-order valence-corrected chi connectivity index (χ2v) is 10.2. The third kappa shape index (κ3) is 3.98. The monoisotopic (exact) mass is 446 g/mol. The Kier molecular flexibility index (Phi) is 5.63. The highest BCUT2D eigenvalue weighted by Gasteiger charge is 2.30. The lowest BCUT2D eigenvalue weighted by molar-refractivity contribution is 0.102. The van der Waals surface area contributed by atoms with E-state index < -0.39 is 15.9 Å². The number of sulfonamides is 1. The number of nitrogens with zero attached hydrogens (tertiary/aromatic N) is 2. The lowest BCUT2D eigenvalue weighted by Gasteiger charge is -2.18. The number of carbonyl (C=O) groups excluding carboxylic acids is 1. The molecule has 1 saturated heterocycles. The van der Waals surface area contributed by atoms with Crippen LogP contribution in [0.3, 0.4) is 0 Å². The number of ether oxygens (including phenoxy) is 1. The van der Waals surface area contributed by atoms with E-state index in [1.54, 1.807) is 17.4 Å². The third-order valence-corrected chi connectivity index (χ3v) is 7.89. The van der Waals surface area contributed by atoms with Gasteiger partial charge in [0.15, 0.2) is 5.82 Å². The van der Waals surface area contributed by atoms with Gasteiger partial charge in [-0.2, -0.15) is 9.40 Å². The zero-order chi connectivity index (χ0) is 21.3. The van der Waals surface area contributed by atoms with Crippen LogP contribution in [0.15, 0.2) is 41.3 Å². The van der Waals surface area contributed by atoms with Crippen LogP contribution < -0.4 is 10.1 Å². The van der Waals surface area contributed by atoms with E-state index in [1.807, 2.05) is 19.1 Å². The smallest absolute Gasteiger partial charge is 0.256 e. The van der Waals surface area contributed by atoms with Crippen molar-refractivity contribution < 1.29 is 17.9 Å². The maximum atomic E-state index is 13.0. The van der Waals surface area contributed by atoms with E-state index in [2.05, 4.69) is 15.5 Å². The van der Waals surface area contributed by atoms with Crippen LogP contribution >= 0.6 is 11.3 Å². The van der Waals surface area contributed by atoms with Crippen LogP contribution in [0, 0.1) is 6.92 Å². The predicted octanol–water partition coefficient (Wildman–Crippen LogP) is 3.49. The molecule has 158 valence electrons. The minimum atomic E-state index is -3.73. The van der Waals surface area contributed by atoms with Crippen molar-refractivity contribution in [2.45, 2.75) is 24.7 Å². The Morgan fingerprint density at radius 1 is 1.20 bits per heavy atom. The first-order chi connectivity index (χ1) is 14.4. The zero-order valence-corrected chi connectivity index (χ0v) is 18.3. The molecule has 0 unspecified atom stereocenters. The molecule has 0 atom stereocenters. The van der Waals surface area contributed by atoms with Gasteiger partial charge < -0.3 is 10.1 Å². The standard InChI is InChI=1S/C20H22N4O4S2/c1-13-5-8-17(29-13)15-12-19(23-22-15)21-20(25)14-6-7-16(28-2)18(11-14)30(26,27)24-9-3-4-10-24/h5-8,11-12H,3-4,9-10H2,1-2H3,(H2,21,22,23,25). The number of carbonyl (C=O) groups is 1. The van der Waals surface area contributed by atoms with Gasteiger partial charge in [-0.15, -0.1) is 11.3 Å². The fourth-order valence-corrected chi connectivity index (χ4v) is 5.90. The Labute approximate surface area is 178 Å². The van der Waals surface area contributed by atoms with E-state index in [1.165, 1.54) is 34.5 Å². The van der Waals surface area contributed by atoms with Gasteiger partial charge in [0.25, 0.3) is 5.91 Å². The number of aromatic amines is 1. The predicted molar refractivity (Wildman–Crippen MR) is 116 cm³/mol. The van der Waals surface area contributed by atoms with Crippen LogP contribution in [-0.2, 0) is 10.0 Å². The SMILES string of the molecule is COc1ccc(C(=O)Nc2cc(-c3ccc(C)s3)[nH]n2)cc1S(=O)(=O)N1CCCC1. The number of benzene rings is 1. The fraction of sp³-hybridized carbons (Fsp3) is 0.300. The minimum Gasteiger partial charge on any atom is -0.495 e. The molecule has 1 aliphatic rings. The molecule has 0 aliphatic carbocycles. The van der Waals surface area contributed by atoms with E-state index >= 15 is 0 Å². The molecule has 0 spiro atoms. The van der Waals surface area contributed by atoms with Gasteiger partial charge in [-0.3, -0.25) is 9.89 Å². The number of methoxy groups -OCH3 is 1. The molecular weight excluding hydrogens is 424 g/mol. The summed E-state index contributed by atoms with van der Waals surface area (Å²) in [5, 5.41) is 9.76. The van der Waals surface area contributed by atoms with Crippen molar-refractivity contribution in [2.75, 3.05) is 25.5 Å². The lowest BCUT2D eigenvalue weighted by atomic mass is 10.2. The number of nitrogens with one attached hydrogen (secondary N) is 2. The summed E-state index contributed by atoms with van der Waals surface area (Å²) in [7, 11) is -2.32. The van der Waals surface area contributed by atoms with Crippen LogP contribution in [0.2, 0.25) is 0 Å². The van der Waals surface area contributed by atoms with Crippen LogP contribution in [0.5, 0.6) is 5.75 Å². The molecule has 2 N–H and O–H groups in total. The van der Waals surface area contributed by atoms with Gasteiger partial charge in [-0.05, 0) is 50.1 Å². The van der Waals surface area contributed by atoms with Crippen molar-refractivity contribution in [1.29, 1.82) is 0 Å². The summed E-state index contributed by atoms with van der Waals surface area (Å²) in [5.41, 5.74) is 1.01. The van der Waals surface area contributed by atoms with E-state index in [0.29, 0.717) is 18.9 Å². The molecule has 4 rings (SSSR count). The molecule has 30 heavy (non-hydrogen) atoms. The highest BCUT2D eigenvalue weighted by Crippen LogP contribution is 2.31. The lowest BCUT2D eigenvalue weighted by Crippen LogP contribution is -2.28. The average molecular weight is 447 g/mol. The Balaban J connectivity index is 1.58. The largest absolute Gasteiger partial charge is 0.495 e. The van der Waals surface area contributed by atoms with Crippen molar-refractivity contribution in [3.05, 3.63) is 46.8 Å². The zero-order valence-electron chi connectivity index (χ0n) is 16.6. The third-order valence-electron chi connectivity index (χ3n) is 4.93. The molecule has 10 heteroatoms. The average Bonchev–Trinajstić information content (AvgIpc) is 3.49. The molecule has 2 aromatic heterocycles. The summed E-state index contributed by atoms with van der Waals surface area (Å²) >= 11 is 1.62. The summed E-state index contributed by atoms with van der Waals surface area (Å²) in [6.45, 7) is 2.96. The number of hydrogen-bond acceptors (Lipinski definition) is 6. The maximum absolute atomic E-state index is 13.0. The topological polar surface area (TPSA) is 104 Å². The highest BCUT2D eigenvalue weighted by molar-refractivity contribution is 7.89. The summed E-state index contributed by atoms with van der Waals surface area (Å²) in [5.74, 6) is 0.130. The Hall–Kier alpha value is -2.69. The van der Waals surface area contributed by atoms with Crippen molar-refractivity contribution in [3.8, 4) is 16.3 Å². The molecule has 0 bridgehead atoms. The summed E-state index contributed by atoms with van der Waals surface area (Å²) < 4.78 is 32.7. The number of thiophene rings is 1. The summed E-state index contributed by atoms with van der Waals surface area (Å²) in [4.78, 5) is 14.9. The normalized spacial score (nSPS) is 14.7. The second-order valence-electron chi connectivity index (χ2n) is 7.01. The Morgan fingerprint density at radius 2 is 1.97 bits per heavy atom. The first-order valence-corrected chi connectivity index (χ1v) is 11.8. The van der Waals surface area contributed by atoms with Gasteiger partial charge in [0, 0.05) is 29.6 Å². The summed E-state index contributed by atoms with van der Waals surface area (Å²) in [6, 6.07) is 10.1. The molecule has 3 aromatic rings. The second kappa shape index (κ2) is 8.21. The van der Waals surface area contributed by atoms with Gasteiger partial charge in [-0.1, -0.05) is 0 Å². The van der Waals surface area contributed by atoms with Crippen LogP contribution in [0.1, 0.15) is 28.1 Å². The Morgan fingerprint density at radius 3 is 2.63 bits per heavy atom. The van der Waals surface area contributed by atoms with Gasteiger partial charge in [-0.25, -0.2) is 8.42 Å². The molecule has 1 fully saturated rings. The molecule has 0 saturated carbocycles. The van der Waals surface area contributed by atoms with Crippen molar-refractivity contribution in [1.82, 2.24) is 14.5 Å². The number of amides is 1. The maximum Gasteiger partial charge on any atom is 0.256 e. The number of anilines is 1. The van der Waals surface area contributed by atoms with E-state index in [-0.39, 0.29) is 16.2 Å². The van der Waals surface area contributed by atoms with Gasteiger partial charge in [0.2, 0.25) is 10.0 Å². The van der Waals surface area contributed by atoms with Gasteiger partial charge >= 0.3 is 0 Å². The fourth-order valence-electron chi connectivity index (χ4n) is 3.37. The van der Waals surface area contributed by atoms with E-state index in [9.17, 15) is 13.2 Å². The highest BCUT2D eigenvalue weighted by atomic mass is 32.2. The minimum absolute atomic E-state index is 0.00340. The number of H-pyrrole nitrogens is 1. The molecule has 1 amide bonds. The number of aryl methyl sites for hydroxylation is 1. The van der Waals surface area contributed by atoms with Gasteiger partial charge in [0.05, 0.1) is 17.7 Å². The van der Waals surface area contributed by atoms with Crippen molar-refractivity contribution in [3.63, 3.8) is 0 Å². The van der Waals surface area contributed by atoms with Crippen molar-refractivity contribution >= 4 is 33.1 Å². The van der Waals surface area contributed by atoms with Crippen LogP contribution in [0.4, 0.5) is 5.82 Å².